The van der Waals surface area contributed by atoms with E-state index < -0.39 is 0 Å². The third-order valence-electron chi connectivity index (χ3n) is 2.24. The molecule has 2 nitrogen and oxygen atoms in total. The van der Waals surface area contributed by atoms with Crippen molar-refractivity contribution in [1.29, 1.82) is 0 Å². The Morgan fingerprint density at radius 2 is 2.00 bits per heavy atom. The Morgan fingerprint density at radius 1 is 1.38 bits per heavy atom. The molecule has 1 aromatic carbocycles. The second kappa shape index (κ2) is 4.92. The molecule has 0 unspecified atom stereocenters. The molecule has 1 aromatic rings. The lowest BCUT2D eigenvalue weighted by Gasteiger charge is -2.08. The lowest BCUT2D eigenvalue weighted by molar-refractivity contribution is 0.103. The van der Waals surface area contributed by atoms with Crippen LogP contribution in [0.3, 0.4) is 0 Å². The van der Waals surface area contributed by atoms with Crippen LogP contribution in [0.4, 0.5) is 4.39 Å². The van der Waals surface area contributed by atoms with Crippen molar-refractivity contribution >= 4 is 5.78 Å². The highest BCUT2D eigenvalue weighted by molar-refractivity contribution is 6.08. The van der Waals surface area contributed by atoms with Crippen LogP contribution < -0.4 is 0 Å². The van der Waals surface area contributed by atoms with E-state index in [2.05, 4.69) is 0 Å². The van der Waals surface area contributed by atoms with Gasteiger partial charge >= 0.3 is 0 Å². The van der Waals surface area contributed by atoms with Crippen LogP contribution in [0.1, 0.15) is 22.8 Å². The lowest BCUT2D eigenvalue weighted by Crippen LogP contribution is -2.08. The van der Waals surface area contributed by atoms with Crippen LogP contribution in [0.25, 0.3) is 0 Å². The van der Waals surface area contributed by atoms with Gasteiger partial charge in [-0.1, -0.05) is 12.1 Å². The fraction of sp³-hybridized carbons (Fsp3) is 0.308. The van der Waals surface area contributed by atoms with Crippen molar-refractivity contribution in [2.75, 3.05) is 14.1 Å². The molecule has 0 atom stereocenters. The van der Waals surface area contributed by atoms with Gasteiger partial charge in [-0.15, -0.1) is 0 Å². The molecule has 3 heteroatoms. The molecule has 0 bridgehead atoms. The molecule has 0 amide bonds. The van der Waals surface area contributed by atoms with Gasteiger partial charge in [-0.2, -0.15) is 0 Å². The average Bonchev–Trinajstić information content (AvgIpc) is 2.20. The number of carbonyl (C=O) groups excluding carboxylic acids is 1. The van der Waals surface area contributed by atoms with Gasteiger partial charge in [0.2, 0.25) is 0 Å². The zero-order valence-corrected chi connectivity index (χ0v) is 10.0. The van der Waals surface area contributed by atoms with Gasteiger partial charge in [-0.25, -0.2) is 4.39 Å². The second-order valence-corrected chi connectivity index (χ2v) is 4.07. The van der Waals surface area contributed by atoms with Crippen LogP contribution in [0.5, 0.6) is 0 Å². The highest BCUT2D eigenvalue weighted by atomic mass is 19.1. The maximum atomic E-state index is 13.3. The third-order valence-corrected chi connectivity index (χ3v) is 2.24. The van der Waals surface area contributed by atoms with Gasteiger partial charge in [-0.3, -0.25) is 4.79 Å². The van der Waals surface area contributed by atoms with Crippen molar-refractivity contribution in [2.24, 2.45) is 0 Å². The number of rotatable bonds is 3. The van der Waals surface area contributed by atoms with E-state index in [1.54, 1.807) is 37.1 Å². The maximum absolute atomic E-state index is 13.3. The molecule has 0 heterocycles. The molecule has 0 fully saturated rings. The summed E-state index contributed by atoms with van der Waals surface area (Å²) in [4.78, 5) is 13.7. The predicted molar refractivity (Wildman–Crippen MR) is 62.9 cm³/mol. The first-order valence-corrected chi connectivity index (χ1v) is 5.07. The van der Waals surface area contributed by atoms with Crippen LogP contribution in [0, 0.1) is 12.7 Å². The van der Waals surface area contributed by atoms with Crippen molar-refractivity contribution in [3.05, 3.63) is 46.9 Å². The number of allylic oxidation sites excluding steroid dienone is 1. The Labute approximate surface area is 95.4 Å². The number of Topliss-reactive ketones (excluding diaryl/α,β-unsaturated/α-hetero) is 1. The summed E-state index contributed by atoms with van der Waals surface area (Å²) in [6, 6.07) is 4.55. The largest absolute Gasteiger partial charge is 0.383 e. The Kier molecular flexibility index (Phi) is 3.82. The molecule has 0 aliphatic carbocycles. The van der Waals surface area contributed by atoms with Crippen molar-refractivity contribution in [3.8, 4) is 0 Å². The Balaban J connectivity index is 3.01. The minimum Gasteiger partial charge on any atom is -0.383 e. The molecule has 1 rings (SSSR count). The molecule has 16 heavy (non-hydrogen) atoms. The highest BCUT2D eigenvalue weighted by Gasteiger charge is 2.10. The third kappa shape index (κ3) is 2.92. The first-order chi connectivity index (χ1) is 7.41. The molecule has 0 N–H and O–H groups in total. The van der Waals surface area contributed by atoms with Crippen LogP contribution in [0.2, 0.25) is 0 Å². The summed E-state index contributed by atoms with van der Waals surface area (Å²) in [6.45, 7) is 3.40. The number of halogens is 1. The minimum atomic E-state index is -0.344. The fourth-order valence-electron chi connectivity index (χ4n) is 1.41. The summed E-state index contributed by atoms with van der Waals surface area (Å²) < 4.78 is 13.3. The summed E-state index contributed by atoms with van der Waals surface area (Å²) in [5, 5.41) is 0. The Morgan fingerprint density at radius 3 is 2.50 bits per heavy atom. The zero-order chi connectivity index (χ0) is 12.3. The Bertz CT molecular complexity index is 436. The van der Waals surface area contributed by atoms with E-state index in [0.717, 1.165) is 0 Å². The quantitative estimate of drug-likeness (QED) is 0.578. The molecule has 0 saturated heterocycles. The summed E-state index contributed by atoms with van der Waals surface area (Å²) in [5.41, 5.74) is 1.53. The maximum Gasteiger partial charge on any atom is 0.190 e. The average molecular weight is 221 g/mol. The van der Waals surface area contributed by atoms with Gasteiger partial charge in [0.25, 0.3) is 0 Å². The van der Waals surface area contributed by atoms with Gasteiger partial charge < -0.3 is 4.90 Å². The van der Waals surface area contributed by atoms with Gasteiger partial charge in [0.1, 0.15) is 5.82 Å². The normalized spacial score (nSPS) is 11.4. The van der Waals surface area contributed by atoms with E-state index in [4.69, 9.17) is 0 Å². The van der Waals surface area contributed by atoms with Crippen molar-refractivity contribution in [2.45, 2.75) is 13.8 Å². The number of hydrogen-bond acceptors (Lipinski definition) is 2. The van der Waals surface area contributed by atoms with Crippen LogP contribution in [-0.4, -0.2) is 24.8 Å². The molecule has 86 valence electrons. The van der Waals surface area contributed by atoms with E-state index in [0.29, 0.717) is 16.7 Å². The fourth-order valence-corrected chi connectivity index (χ4v) is 1.41. The van der Waals surface area contributed by atoms with Gasteiger partial charge in [0, 0.05) is 31.4 Å². The standard InChI is InChI=1S/C13H16FNO/c1-9-5-6-11(7-12(9)14)13(16)10(2)8-15(3)4/h5-8H,1-4H3. The van der Waals surface area contributed by atoms with Crippen LogP contribution in [-0.2, 0) is 0 Å². The summed E-state index contributed by atoms with van der Waals surface area (Å²) in [7, 11) is 3.68. The van der Waals surface area contributed by atoms with Gasteiger partial charge in [-0.05, 0) is 25.5 Å². The zero-order valence-electron chi connectivity index (χ0n) is 10.0. The minimum absolute atomic E-state index is 0.146. The molecular formula is C13H16FNO. The number of ketones is 1. The van der Waals surface area contributed by atoms with Crippen LogP contribution in [0.15, 0.2) is 30.0 Å². The lowest BCUT2D eigenvalue weighted by atomic mass is 10.0. The molecule has 0 spiro atoms. The number of benzene rings is 1. The smallest absolute Gasteiger partial charge is 0.190 e. The van der Waals surface area contributed by atoms with Crippen LogP contribution >= 0.6 is 0 Å². The molecule has 0 aliphatic rings. The highest BCUT2D eigenvalue weighted by Crippen LogP contribution is 2.13. The van der Waals surface area contributed by atoms with Gasteiger partial charge in [0.15, 0.2) is 5.78 Å². The van der Waals surface area contributed by atoms with E-state index >= 15 is 0 Å². The predicted octanol–water partition coefficient (Wildman–Crippen LogP) is 2.78. The summed E-state index contributed by atoms with van der Waals surface area (Å²) in [6.07, 6.45) is 1.72. The first kappa shape index (κ1) is 12.4. The second-order valence-electron chi connectivity index (χ2n) is 4.07. The summed E-state index contributed by atoms with van der Waals surface area (Å²) >= 11 is 0. The SMILES string of the molecule is CC(=CN(C)C)C(=O)c1ccc(C)c(F)c1. The van der Waals surface area contributed by atoms with E-state index in [9.17, 15) is 9.18 Å². The number of carbonyl (C=O) groups is 1. The molecule has 0 radical (unpaired) electrons. The van der Waals surface area contributed by atoms with Crippen molar-refractivity contribution in [3.63, 3.8) is 0 Å². The number of hydrogen-bond donors (Lipinski definition) is 0. The monoisotopic (exact) mass is 221 g/mol. The Hall–Kier alpha value is -1.64. The molecule has 0 aromatic heterocycles. The van der Waals surface area contributed by atoms with E-state index in [1.807, 2.05) is 14.1 Å². The molecule has 0 aliphatic heterocycles. The molecule has 0 saturated carbocycles. The van der Waals surface area contributed by atoms with Crippen molar-refractivity contribution in [1.82, 2.24) is 4.90 Å². The van der Waals surface area contributed by atoms with E-state index in [-0.39, 0.29) is 11.6 Å². The van der Waals surface area contributed by atoms with Crippen molar-refractivity contribution < 1.29 is 9.18 Å². The number of nitrogens with zero attached hydrogens (tertiary/aromatic N) is 1. The molecular weight excluding hydrogens is 205 g/mol. The van der Waals surface area contributed by atoms with E-state index in [1.165, 1.54) is 6.07 Å². The summed E-state index contributed by atoms with van der Waals surface area (Å²) in [5.74, 6) is -0.490. The van der Waals surface area contributed by atoms with Gasteiger partial charge in [0.05, 0.1) is 0 Å². The first-order valence-electron chi connectivity index (χ1n) is 5.07. The topological polar surface area (TPSA) is 20.3 Å². The number of aryl methyl sites for hydroxylation is 1.